The summed E-state index contributed by atoms with van der Waals surface area (Å²) in [6.45, 7) is 5.22. The Morgan fingerprint density at radius 1 is 0.833 bits per heavy atom. The van der Waals surface area contributed by atoms with E-state index in [-0.39, 0.29) is 12.5 Å². The second kappa shape index (κ2) is 10.9. The molecule has 0 aromatic heterocycles. The van der Waals surface area contributed by atoms with E-state index in [2.05, 4.69) is 17.6 Å². The summed E-state index contributed by atoms with van der Waals surface area (Å²) in [6, 6.07) is 23.3. The SMILES string of the molecule is CCc1cccc(C)c1NC(=O)CNc1ccc(OCCOc2ccccc2)cc1. The number of nitrogens with one attached hydrogen (secondary N) is 2. The molecular formula is C25H28N2O3. The molecule has 0 saturated heterocycles. The van der Waals surface area contributed by atoms with Gasteiger partial charge in [0.05, 0.1) is 6.54 Å². The van der Waals surface area contributed by atoms with Crippen molar-refractivity contribution in [2.24, 2.45) is 0 Å². The smallest absolute Gasteiger partial charge is 0.243 e. The van der Waals surface area contributed by atoms with Gasteiger partial charge in [-0.1, -0.05) is 43.3 Å². The van der Waals surface area contributed by atoms with E-state index in [9.17, 15) is 4.79 Å². The zero-order valence-electron chi connectivity index (χ0n) is 17.5. The molecule has 30 heavy (non-hydrogen) atoms. The van der Waals surface area contributed by atoms with Crippen LogP contribution in [0.2, 0.25) is 0 Å². The van der Waals surface area contributed by atoms with Gasteiger partial charge in [-0.2, -0.15) is 0 Å². The van der Waals surface area contributed by atoms with E-state index in [1.807, 2.05) is 79.7 Å². The zero-order valence-corrected chi connectivity index (χ0v) is 17.5. The van der Waals surface area contributed by atoms with Crippen LogP contribution in [0.3, 0.4) is 0 Å². The molecule has 0 aliphatic carbocycles. The first-order chi connectivity index (χ1) is 14.7. The summed E-state index contributed by atoms with van der Waals surface area (Å²) in [5.74, 6) is 1.52. The lowest BCUT2D eigenvalue weighted by molar-refractivity contribution is -0.114. The summed E-state index contributed by atoms with van der Waals surface area (Å²) < 4.78 is 11.3. The Morgan fingerprint density at radius 3 is 2.17 bits per heavy atom. The number of amides is 1. The minimum atomic E-state index is -0.0719. The Morgan fingerprint density at radius 2 is 1.50 bits per heavy atom. The predicted octanol–water partition coefficient (Wildman–Crippen LogP) is 5.07. The molecule has 0 fully saturated rings. The molecule has 0 unspecified atom stereocenters. The molecule has 3 rings (SSSR count). The minimum Gasteiger partial charge on any atom is -0.490 e. The summed E-state index contributed by atoms with van der Waals surface area (Å²) in [7, 11) is 0. The lowest BCUT2D eigenvalue weighted by Crippen LogP contribution is -2.22. The molecule has 5 nitrogen and oxygen atoms in total. The number of aryl methyl sites for hydroxylation is 2. The van der Waals surface area contributed by atoms with Gasteiger partial charge in [-0.05, 0) is 60.9 Å². The van der Waals surface area contributed by atoms with Crippen LogP contribution in [0.25, 0.3) is 0 Å². The number of carbonyl (C=O) groups excluding carboxylic acids is 1. The van der Waals surface area contributed by atoms with E-state index < -0.39 is 0 Å². The van der Waals surface area contributed by atoms with Gasteiger partial charge in [0.15, 0.2) is 0 Å². The van der Waals surface area contributed by atoms with E-state index in [0.717, 1.165) is 40.4 Å². The third-order valence-electron chi connectivity index (χ3n) is 4.68. The predicted molar refractivity (Wildman–Crippen MR) is 122 cm³/mol. The van der Waals surface area contributed by atoms with Crippen molar-refractivity contribution in [3.63, 3.8) is 0 Å². The van der Waals surface area contributed by atoms with Crippen molar-refractivity contribution in [2.45, 2.75) is 20.3 Å². The number of benzene rings is 3. The lowest BCUT2D eigenvalue weighted by atomic mass is 10.1. The second-order valence-corrected chi connectivity index (χ2v) is 6.90. The normalized spacial score (nSPS) is 10.3. The quantitative estimate of drug-likeness (QED) is 0.464. The van der Waals surface area contributed by atoms with Crippen LogP contribution < -0.4 is 20.1 Å². The Labute approximate surface area is 178 Å². The first-order valence-electron chi connectivity index (χ1n) is 10.2. The van der Waals surface area contributed by atoms with Crippen LogP contribution in [-0.4, -0.2) is 25.7 Å². The van der Waals surface area contributed by atoms with E-state index in [4.69, 9.17) is 9.47 Å². The summed E-state index contributed by atoms with van der Waals surface area (Å²) in [5, 5.41) is 6.16. The van der Waals surface area contributed by atoms with E-state index in [0.29, 0.717) is 13.2 Å². The van der Waals surface area contributed by atoms with Gasteiger partial charge in [-0.3, -0.25) is 4.79 Å². The average molecular weight is 405 g/mol. The number of para-hydroxylation sites is 2. The van der Waals surface area contributed by atoms with Crippen molar-refractivity contribution in [1.29, 1.82) is 0 Å². The Balaban J connectivity index is 1.41. The Kier molecular flexibility index (Phi) is 7.72. The van der Waals surface area contributed by atoms with Crippen LogP contribution in [-0.2, 0) is 11.2 Å². The molecule has 0 atom stereocenters. The number of anilines is 2. The van der Waals surface area contributed by atoms with E-state index in [1.54, 1.807) is 0 Å². The molecule has 0 aliphatic heterocycles. The van der Waals surface area contributed by atoms with Crippen molar-refractivity contribution in [2.75, 3.05) is 30.4 Å². The van der Waals surface area contributed by atoms with Gasteiger partial charge in [0.1, 0.15) is 24.7 Å². The fourth-order valence-electron chi connectivity index (χ4n) is 3.07. The number of rotatable bonds is 10. The molecule has 3 aromatic carbocycles. The highest BCUT2D eigenvalue weighted by Gasteiger charge is 2.08. The maximum atomic E-state index is 12.4. The molecule has 3 aromatic rings. The fraction of sp³-hybridized carbons (Fsp3) is 0.240. The molecule has 0 bridgehead atoms. The fourth-order valence-corrected chi connectivity index (χ4v) is 3.07. The van der Waals surface area contributed by atoms with Crippen LogP contribution in [0.1, 0.15) is 18.1 Å². The molecule has 0 spiro atoms. The molecule has 5 heteroatoms. The zero-order chi connectivity index (χ0) is 21.2. The molecule has 0 saturated carbocycles. The first-order valence-corrected chi connectivity index (χ1v) is 10.2. The highest BCUT2D eigenvalue weighted by Crippen LogP contribution is 2.21. The third-order valence-corrected chi connectivity index (χ3v) is 4.68. The van der Waals surface area contributed by atoms with Crippen molar-refractivity contribution in [3.8, 4) is 11.5 Å². The van der Waals surface area contributed by atoms with Gasteiger partial charge < -0.3 is 20.1 Å². The first kappa shape index (κ1) is 21.2. The molecule has 1 amide bonds. The van der Waals surface area contributed by atoms with E-state index >= 15 is 0 Å². The van der Waals surface area contributed by atoms with Gasteiger partial charge in [0.2, 0.25) is 5.91 Å². The monoisotopic (exact) mass is 404 g/mol. The summed E-state index contributed by atoms with van der Waals surface area (Å²) in [6.07, 6.45) is 0.878. The molecule has 0 aliphatic rings. The topological polar surface area (TPSA) is 59.6 Å². The summed E-state index contributed by atoms with van der Waals surface area (Å²) in [4.78, 5) is 12.4. The molecule has 0 heterocycles. The summed E-state index contributed by atoms with van der Waals surface area (Å²) >= 11 is 0. The maximum absolute atomic E-state index is 12.4. The number of carbonyl (C=O) groups is 1. The average Bonchev–Trinajstić information content (AvgIpc) is 2.78. The van der Waals surface area contributed by atoms with Crippen LogP contribution in [0.15, 0.2) is 72.8 Å². The van der Waals surface area contributed by atoms with Crippen LogP contribution >= 0.6 is 0 Å². The van der Waals surface area contributed by atoms with E-state index in [1.165, 1.54) is 0 Å². The number of hydrogen-bond donors (Lipinski definition) is 2. The van der Waals surface area contributed by atoms with Crippen molar-refractivity contribution < 1.29 is 14.3 Å². The standard InChI is InChI=1S/C25H28N2O3/c1-3-20-9-7-8-19(2)25(20)27-24(28)18-26-21-12-14-23(15-13-21)30-17-16-29-22-10-5-4-6-11-22/h4-15,26H,3,16-18H2,1-2H3,(H,27,28). The second-order valence-electron chi connectivity index (χ2n) is 6.90. The van der Waals surface area contributed by atoms with Crippen LogP contribution in [0.5, 0.6) is 11.5 Å². The van der Waals surface area contributed by atoms with Gasteiger partial charge >= 0.3 is 0 Å². The Bertz CT molecular complexity index is 940. The summed E-state index contributed by atoms with van der Waals surface area (Å²) in [5.41, 5.74) is 3.98. The highest BCUT2D eigenvalue weighted by atomic mass is 16.5. The van der Waals surface area contributed by atoms with Crippen molar-refractivity contribution in [1.82, 2.24) is 0 Å². The minimum absolute atomic E-state index is 0.0719. The number of hydrogen-bond acceptors (Lipinski definition) is 4. The maximum Gasteiger partial charge on any atom is 0.243 e. The molecule has 2 N–H and O–H groups in total. The van der Waals surface area contributed by atoms with Crippen LogP contribution in [0.4, 0.5) is 11.4 Å². The largest absolute Gasteiger partial charge is 0.490 e. The Hall–Kier alpha value is -3.47. The molecular weight excluding hydrogens is 376 g/mol. The highest BCUT2D eigenvalue weighted by molar-refractivity contribution is 5.95. The third kappa shape index (κ3) is 6.27. The van der Waals surface area contributed by atoms with Crippen molar-refractivity contribution >= 4 is 17.3 Å². The van der Waals surface area contributed by atoms with Crippen molar-refractivity contribution in [3.05, 3.63) is 83.9 Å². The number of ether oxygens (including phenoxy) is 2. The van der Waals surface area contributed by atoms with Gasteiger partial charge in [0, 0.05) is 11.4 Å². The van der Waals surface area contributed by atoms with Gasteiger partial charge in [0.25, 0.3) is 0 Å². The lowest BCUT2D eigenvalue weighted by Gasteiger charge is -2.14. The molecule has 0 radical (unpaired) electrons. The van der Waals surface area contributed by atoms with Crippen LogP contribution in [0, 0.1) is 6.92 Å². The van der Waals surface area contributed by atoms with Gasteiger partial charge in [-0.25, -0.2) is 0 Å². The van der Waals surface area contributed by atoms with Gasteiger partial charge in [-0.15, -0.1) is 0 Å². The molecule has 156 valence electrons.